The molecule has 0 unspecified atom stereocenters. The molecule has 0 saturated carbocycles. The third-order valence-electron chi connectivity index (χ3n) is 1.87. The van der Waals surface area contributed by atoms with Crippen molar-refractivity contribution in [3.8, 4) is 0 Å². The molecule has 0 atom stereocenters. The molecule has 1 rings (SSSR count). The fraction of sp³-hybridized carbons (Fsp3) is 0.222. The molecule has 0 aliphatic carbocycles. The van der Waals surface area contributed by atoms with Crippen molar-refractivity contribution in [2.75, 3.05) is 18.8 Å². The summed E-state index contributed by atoms with van der Waals surface area (Å²) >= 11 is 5.69. The molecule has 0 aliphatic rings. The van der Waals surface area contributed by atoms with E-state index in [0.29, 0.717) is 0 Å². The van der Waals surface area contributed by atoms with Crippen LogP contribution in [-0.4, -0.2) is 37.9 Å². The van der Waals surface area contributed by atoms with Crippen molar-refractivity contribution in [1.82, 2.24) is 4.31 Å². The predicted octanol–water partition coefficient (Wildman–Crippen LogP) is 1.26. The molecule has 0 aromatic heterocycles. The summed E-state index contributed by atoms with van der Waals surface area (Å²) in [6.07, 6.45) is 0. The summed E-state index contributed by atoms with van der Waals surface area (Å²) in [6, 6.07) is 3.75. The van der Waals surface area contributed by atoms with Crippen LogP contribution in [0.25, 0.3) is 0 Å². The van der Waals surface area contributed by atoms with Gasteiger partial charge in [0, 0.05) is 19.1 Å². The predicted molar refractivity (Wildman–Crippen MR) is 64.6 cm³/mol. The SMILES string of the molecule is CN(C)S(=O)(=O)Nc1cc(Cl)cc(C(=O)O)c1. The van der Waals surface area contributed by atoms with Gasteiger partial charge in [-0.2, -0.15) is 12.7 Å². The van der Waals surface area contributed by atoms with Crippen molar-refractivity contribution in [2.45, 2.75) is 0 Å². The maximum absolute atomic E-state index is 11.5. The van der Waals surface area contributed by atoms with E-state index in [1.54, 1.807) is 0 Å². The molecule has 0 aliphatic heterocycles. The van der Waals surface area contributed by atoms with E-state index in [-0.39, 0.29) is 16.3 Å². The summed E-state index contributed by atoms with van der Waals surface area (Å²) in [5.41, 5.74) is 0.0116. The molecule has 0 saturated heterocycles. The van der Waals surface area contributed by atoms with Gasteiger partial charge in [-0.3, -0.25) is 4.72 Å². The molecular formula is C9H11ClN2O4S. The number of anilines is 1. The Labute approximate surface area is 104 Å². The van der Waals surface area contributed by atoms with Crippen molar-refractivity contribution in [3.63, 3.8) is 0 Å². The van der Waals surface area contributed by atoms with Crippen LogP contribution in [0.5, 0.6) is 0 Å². The van der Waals surface area contributed by atoms with Crippen LogP contribution in [0, 0.1) is 0 Å². The molecule has 0 heterocycles. The van der Waals surface area contributed by atoms with Crippen LogP contribution in [0.2, 0.25) is 5.02 Å². The van der Waals surface area contributed by atoms with E-state index < -0.39 is 16.2 Å². The highest BCUT2D eigenvalue weighted by Crippen LogP contribution is 2.20. The molecule has 0 amide bonds. The highest BCUT2D eigenvalue weighted by atomic mass is 35.5. The molecule has 2 N–H and O–H groups in total. The minimum absolute atomic E-state index is 0.0889. The van der Waals surface area contributed by atoms with Gasteiger partial charge in [0.25, 0.3) is 0 Å². The smallest absolute Gasteiger partial charge is 0.335 e. The molecule has 0 fully saturated rings. The van der Waals surface area contributed by atoms with Crippen molar-refractivity contribution in [3.05, 3.63) is 28.8 Å². The van der Waals surface area contributed by atoms with Gasteiger partial charge in [-0.15, -0.1) is 0 Å². The van der Waals surface area contributed by atoms with E-state index in [0.717, 1.165) is 4.31 Å². The zero-order chi connectivity index (χ0) is 13.2. The Morgan fingerprint density at radius 3 is 2.41 bits per heavy atom. The Morgan fingerprint density at radius 2 is 1.94 bits per heavy atom. The second-order valence-corrected chi connectivity index (χ2v) is 5.74. The number of rotatable bonds is 4. The minimum Gasteiger partial charge on any atom is -0.478 e. The van der Waals surface area contributed by atoms with E-state index in [9.17, 15) is 13.2 Å². The van der Waals surface area contributed by atoms with E-state index in [1.807, 2.05) is 0 Å². The summed E-state index contributed by atoms with van der Waals surface area (Å²) < 4.78 is 26.2. The summed E-state index contributed by atoms with van der Waals surface area (Å²) in [5, 5.41) is 8.94. The van der Waals surface area contributed by atoms with Gasteiger partial charge in [-0.1, -0.05) is 11.6 Å². The average Bonchev–Trinajstić information content (AvgIpc) is 2.15. The maximum atomic E-state index is 11.5. The molecule has 8 heteroatoms. The highest BCUT2D eigenvalue weighted by molar-refractivity contribution is 7.90. The number of hydrogen-bond acceptors (Lipinski definition) is 3. The Hall–Kier alpha value is -1.31. The number of benzene rings is 1. The summed E-state index contributed by atoms with van der Waals surface area (Å²) in [7, 11) is -0.974. The van der Waals surface area contributed by atoms with Crippen molar-refractivity contribution in [2.24, 2.45) is 0 Å². The van der Waals surface area contributed by atoms with Crippen molar-refractivity contribution >= 4 is 33.5 Å². The molecule has 17 heavy (non-hydrogen) atoms. The Kier molecular flexibility index (Phi) is 3.97. The summed E-state index contributed by atoms with van der Waals surface area (Å²) in [4.78, 5) is 10.8. The van der Waals surface area contributed by atoms with Crippen LogP contribution in [-0.2, 0) is 10.2 Å². The molecule has 6 nitrogen and oxygen atoms in total. The first-order valence-corrected chi connectivity index (χ1v) is 6.28. The van der Waals surface area contributed by atoms with Gasteiger partial charge in [0.15, 0.2) is 0 Å². The van der Waals surface area contributed by atoms with E-state index >= 15 is 0 Å². The van der Waals surface area contributed by atoms with E-state index in [2.05, 4.69) is 4.72 Å². The molecule has 0 radical (unpaired) electrons. The molecule has 1 aromatic carbocycles. The molecule has 94 valence electrons. The largest absolute Gasteiger partial charge is 0.478 e. The number of aromatic carboxylic acids is 1. The third kappa shape index (κ3) is 3.58. The zero-order valence-electron chi connectivity index (χ0n) is 9.14. The first-order chi connectivity index (χ1) is 7.72. The lowest BCUT2D eigenvalue weighted by atomic mass is 10.2. The Balaban J connectivity index is 3.12. The van der Waals surface area contributed by atoms with Gasteiger partial charge in [0.1, 0.15) is 0 Å². The standard InChI is InChI=1S/C9H11ClN2O4S/c1-12(2)17(15,16)11-8-4-6(9(13)14)3-7(10)5-8/h3-5,11H,1-2H3,(H,13,14). The first kappa shape index (κ1) is 13.8. The lowest BCUT2D eigenvalue weighted by Gasteiger charge is -2.13. The van der Waals surface area contributed by atoms with E-state index in [1.165, 1.54) is 32.3 Å². The lowest BCUT2D eigenvalue weighted by Crippen LogP contribution is -2.29. The van der Waals surface area contributed by atoms with E-state index in [4.69, 9.17) is 16.7 Å². The van der Waals surface area contributed by atoms with Crippen molar-refractivity contribution in [1.29, 1.82) is 0 Å². The van der Waals surface area contributed by atoms with Crippen LogP contribution in [0.1, 0.15) is 10.4 Å². The Bertz CT molecular complexity index is 542. The van der Waals surface area contributed by atoms with Crippen LogP contribution >= 0.6 is 11.6 Å². The summed E-state index contributed by atoms with van der Waals surface area (Å²) in [6.45, 7) is 0. The summed E-state index contributed by atoms with van der Waals surface area (Å²) in [5.74, 6) is -1.18. The lowest BCUT2D eigenvalue weighted by molar-refractivity contribution is 0.0697. The normalized spacial score (nSPS) is 11.5. The first-order valence-electron chi connectivity index (χ1n) is 4.46. The van der Waals surface area contributed by atoms with Crippen molar-refractivity contribution < 1.29 is 18.3 Å². The fourth-order valence-electron chi connectivity index (χ4n) is 1.01. The van der Waals surface area contributed by atoms with Gasteiger partial charge in [-0.25, -0.2) is 4.79 Å². The zero-order valence-corrected chi connectivity index (χ0v) is 10.7. The highest BCUT2D eigenvalue weighted by Gasteiger charge is 2.14. The second kappa shape index (κ2) is 4.91. The van der Waals surface area contributed by atoms with Gasteiger partial charge in [0.2, 0.25) is 0 Å². The van der Waals surface area contributed by atoms with Crippen LogP contribution in [0.15, 0.2) is 18.2 Å². The third-order valence-corrected chi connectivity index (χ3v) is 3.55. The maximum Gasteiger partial charge on any atom is 0.335 e. The average molecular weight is 279 g/mol. The van der Waals surface area contributed by atoms with Gasteiger partial charge in [-0.05, 0) is 18.2 Å². The quantitative estimate of drug-likeness (QED) is 0.868. The number of nitrogens with zero attached hydrogens (tertiary/aromatic N) is 1. The van der Waals surface area contributed by atoms with Crippen LogP contribution < -0.4 is 4.72 Å². The van der Waals surface area contributed by atoms with Crippen LogP contribution in [0.3, 0.4) is 0 Å². The molecule has 0 spiro atoms. The number of halogens is 1. The number of carboxylic acid groups (broad SMARTS) is 1. The van der Waals surface area contributed by atoms with Gasteiger partial charge >= 0.3 is 16.2 Å². The molecular weight excluding hydrogens is 268 g/mol. The Morgan fingerprint density at radius 1 is 1.35 bits per heavy atom. The van der Waals surface area contributed by atoms with Gasteiger partial charge < -0.3 is 5.11 Å². The number of hydrogen-bond donors (Lipinski definition) is 2. The number of carboxylic acids is 1. The minimum atomic E-state index is -3.68. The fourth-order valence-corrected chi connectivity index (χ4v) is 1.85. The number of carbonyl (C=O) groups is 1. The second-order valence-electron chi connectivity index (χ2n) is 3.42. The molecule has 1 aromatic rings. The van der Waals surface area contributed by atoms with Gasteiger partial charge in [0.05, 0.1) is 11.3 Å². The molecule has 0 bridgehead atoms. The topological polar surface area (TPSA) is 86.7 Å². The van der Waals surface area contributed by atoms with Crippen LogP contribution in [0.4, 0.5) is 5.69 Å². The monoisotopic (exact) mass is 278 g/mol. The number of nitrogens with one attached hydrogen (secondary N) is 1.